The molecule has 1 rings (SSSR count). The second-order valence-corrected chi connectivity index (χ2v) is 4.84. The number of carbonyl (C=O) groups is 3. The Labute approximate surface area is 131 Å². The van der Waals surface area contributed by atoms with E-state index < -0.39 is 35.7 Å². The number of rotatable bonds is 8. The fourth-order valence-electron chi connectivity index (χ4n) is 1.69. The zero-order valence-corrected chi connectivity index (χ0v) is 12.9. The average Bonchev–Trinajstić information content (AvgIpc) is 2.43. The molecule has 0 bridgehead atoms. The minimum absolute atomic E-state index is 0.166. The fraction of sp³-hybridized carbons (Fsp3) is 0.750. The molecule has 3 atom stereocenters. The molecule has 0 aromatic rings. The van der Waals surface area contributed by atoms with Gasteiger partial charge in [-0.05, 0) is 18.0 Å². The van der Waals surface area contributed by atoms with E-state index in [1.54, 1.807) is 0 Å². The van der Waals surface area contributed by atoms with Gasteiger partial charge in [-0.1, -0.05) is 0 Å². The topological polar surface area (TPSA) is 107 Å². The summed E-state index contributed by atoms with van der Waals surface area (Å²) in [6.45, 7) is 1.89. The van der Waals surface area contributed by atoms with Crippen molar-refractivity contribution in [2.24, 2.45) is 0 Å². The van der Waals surface area contributed by atoms with E-state index in [0.29, 0.717) is 12.8 Å². The summed E-state index contributed by atoms with van der Waals surface area (Å²) in [6.07, 6.45) is -1.28. The van der Waals surface area contributed by atoms with Crippen LogP contribution < -0.4 is 0 Å². The van der Waals surface area contributed by atoms with E-state index in [0.717, 1.165) is 0 Å². The molecular formula is C12H17ClO9. The molecule has 1 saturated heterocycles. The molecule has 0 radical (unpaired) electrons. The molecule has 0 aromatic heterocycles. The summed E-state index contributed by atoms with van der Waals surface area (Å²) in [5, 5.41) is -0.658. The van der Waals surface area contributed by atoms with Gasteiger partial charge in [0.15, 0.2) is 6.29 Å². The Morgan fingerprint density at radius 3 is 2.41 bits per heavy atom. The first kappa shape index (κ1) is 18.8. The van der Waals surface area contributed by atoms with Gasteiger partial charge >= 0.3 is 11.9 Å². The van der Waals surface area contributed by atoms with E-state index in [1.165, 1.54) is 13.8 Å². The molecule has 0 spiro atoms. The molecule has 0 amide bonds. The Morgan fingerprint density at radius 2 is 1.82 bits per heavy atom. The van der Waals surface area contributed by atoms with E-state index in [1.807, 2.05) is 0 Å². The summed E-state index contributed by atoms with van der Waals surface area (Å²) in [5.74, 6) is -1.25. The van der Waals surface area contributed by atoms with Crippen LogP contribution in [0.15, 0.2) is 0 Å². The largest absolute Gasteiger partial charge is 0.344 e. The average molecular weight is 341 g/mol. The highest BCUT2D eigenvalue weighted by molar-refractivity contribution is 6.63. The number of hydrogen-bond acceptors (Lipinski definition) is 9. The van der Waals surface area contributed by atoms with Crippen LogP contribution in [-0.2, 0) is 43.4 Å². The maximum absolute atomic E-state index is 10.8. The third kappa shape index (κ3) is 7.66. The Morgan fingerprint density at radius 1 is 1.14 bits per heavy atom. The normalized spacial score (nSPS) is 24.6. The van der Waals surface area contributed by atoms with E-state index in [9.17, 15) is 14.4 Å². The lowest BCUT2D eigenvalue weighted by Crippen LogP contribution is -2.44. The van der Waals surface area contributed by atoms with Crippen LogP contribution in [0.25, 0.3) is 0 Å². The Bertz CT molecular complexity index is 400. The molecule has 22 heavy (non-hydrogen) atoms. The molecule has 1 aliphatic heterocycles. The molecular weight excluding hydrogens is 324 g/mol. The van der Waals surface area contributed by atoms with Crippen LogP contribution in [-0.4, -0.2) is 48.9 Å². The van der Waals surface area contributed by atoms with E-state index in [2.05, 4.69) is 9.78 Å². The van der Waals surface area contributed by atoms with E-state index in [-0.39, 0.29) is 13.2 Å². The molecule has 1 heterocycles. The molecule has 0 aliphatic carbocycles. The number of ether oxygens (including phenoxy) is 2. The first-order chi connectivity index (χ1) is 10.4. The van der Waals surface area contributed by atoms with Gasteiger partial charge in [-0.25, -0.2) is 9.59 Å². The van der Waals surface area contributed by atoms with Crippen LogP contribution in [0.2, 0.25) is 0 Å². The molecule has 0 N–H and O–H groups in total. The van der Waals surface area contributed by atoms with Gasteiger partial charge in [-0.15, -0.1) is 0 Å². The van der Waals surface area contributed by atoms with Crippen LogP contribution in [0.3, 0.4) is 0 Å². The molecule has 1 fully saturated rings. The minimum atomic E-state index is -0.733. The van der Waals surface area contributed by atoms with Gasteiger partial charge in [0.1, 0.15) is 25.4 Å². The molecule has 10 heteroatoms. The zero-order chi connectivity index (χ0) is 16.5. The predicted molar refractivity (Wildman–Crippen MR) is 69.1 cm³/mol. The highest BCUT2D eigenvalue weighted by Crippen LogP contribution is 2.24. The van der Waals surface area contributed by atoms with Crippen LogP contribution in [0.1, 0.15) is 26.7 Å². The maximum Gasteiger partial charge on any atom is 0.339 e. The summed E-state index contributed by atoms with van der Waals surface area (Å²) < 4.78 is 10.6. The number of hydrogen-bond donors (Lipinski definition) is 0. The van der Waals surface area contributed by atoms with Crippen molar-refractivity contribution in [2.75, 3.05) is 13.2 Å². The van der Waals surface area contributed by atoms with Gasteiger partial charge in [-0.3, -0.25) is 14.6 Å². The van der Waals surface area contributed by atoms with Crippen molar-refractivity contribution in [1.29, 1.82) is 0 Å². The van der Waals surface area contributed by atoms with Crippen molar-refractivity contribution >= 4 is 28.8 Å². The third-order valence-corrected chi connectivity index (χ3v) is 2.62. The van der Waals surface area contributed by atoms with Crippen molar-refractivity contribution in [3.05, 3.63) is 0 Å². The molecule has 0 saturated carbocycles. The van der Waals surface area contributed by atoms with Crippen LogP contribution in [0, 0.1) is 0 Å². The van der Waals surface area contributed by atoms with Gasteiger partial charge in [0.2, 0.25) is 5.24 Å². The van der Waals surface area contributed by atoms with Crippen molar-refractivity contribution in [3.63, 3.8) is 0 Å². The SMILES string of the molecule is CC(=O)OOC[C@H]1O[C@H](OCC(=O)Cl)CC[C@@H]1OOC(C)=O. The van der Waals surface area contributed by atoms with Crippen molar-refractivity contribution in [1.82, 2.24) is 0 Å². The molecule has 9 nitrogen and oxygen atoms in total. The molecule has 126 valence electrons. The molecule has 1 aliphatic rings. The van der Waals surface area contributed by atoms with Crippen molar-refractivity contribution in [2.45, 2.75) is 45.2 Å². The minimum Gasteiger partial charge on any atom is -0.344 e. The zero-order valence-electron chi connectivity index (χ0n) is 12.1. The van der Waals surface area contributed by atoms with Crippen LogP contribution in [0.5, 0.6) is 0 Å². The standard InChI is InChI=1S/C12H17ClO9/c1-7(14)20-18-5-10-9(22-21-8(2)15)3-4-12(19-10)17-6-11(13)16/h9-10,12H,3-6H2,1-2H3/t9-,10+,12-/m0/s1. The van der Waals surface area contributed by atoms with Gasteiger partial charge in [0.05, 0.1) is 0 Å². The van der Waals surface area contributed by atoms with Gasteiger partial charge in [0.25, 0.3) is 0 Å². The Hall–Kier alpha value is -1.26. The van der Waals surface area contributed by atoms with Crippen LogP contribution in [0.4, 0.5) is 0 Å². The Balaban J connectivity index is 2.50. The highest BCUT2D eigenvalue weighted by Gasteiger charge is 2.35. The summed E-state index contributed by atoms with van der Waals surface area (Å²) in [6, 6.07) is 0. The van der Waals surface area contributed by atoms with Crippen molar-refractivity contribution < 1.29 is 43.4 Å². The maximum atomic E-state index is 10.8. The van der Waals surface area contributed by atoms with E-state index >= 15 is 0 Å². The summed E-state index contributed by atoms with van der Waals surface area (Å²) in [5.41, 5.74) is 0. The second-order valence-electron chi connectivity index (χ2n) is 4.42. The summed E-state index contributed by atoms with van der Waals surface area (Å²) in [7, 11) is 0. The lowest BCUT2D eigenvalue weighted by Gasteiger charge is -2.33. The quantitative estimate of drug-likeness (QED) is 0.357. The second kappa shape index (κ2) is 9.70. The lowest BCUT2D eigenvalue weighted by atomic mass is 10.1. The monoisotopic (exact) mass is 340 g/mol. The molecule has 0 unspecified atom stereocenters. The number of halogens is 1. The van der Waals surface area contributed by atoms with Gasteiger partial charge in [0, 0.05) is 20.3 Å². The summed E-state index contributed by atoms with van der Waals surface area (Å²) >= 11 is 5.18. The Kier molecular flexibility index (Phi) is 8.28. The van der Waals surface area contributed by atoms with Gasteiger partial charge in [-0.2, -0.15) is 9.78 Å². The molecule has 0 aromatic carbocycles. The van der Waals surface area contributed by atoms with Crippen LogP contribution >= 0.6 is 11.6 Å². The first-order valence-electron chi connectivity index (χ1n) is 6.47. The third-order valence-electron chi connectivity index (χ3n) is 2.51. The van der Waals surface area contributed by atoms with Gasteiger partial charge < -0.3 is 9.47 Å². The summed E-state index contributed by atoms with van der Waals surface area (Å²) in [4.78, 5) is 50.6. The predicted octanol–water partition coefficient (Wildman–Crippen LogP) is 0.631. The first-order valence-corrected chi connectivity index (χ1v) is 6.85. The highest BCUT2D eigenvalue weighted by atomic mass is 35.5. The lowest BCUT2D eigenvalue weighted by molar-refractivity contribution is -0.356. The number of carbonyl (C=O) groups excluding carboxylic acids is 3. The van der Waals surface area contributed by atoms with E-state index in [4.69, 9.17) is 30.8 Å². The smallest absolute Gasteiger partial charge is 0.339 e. The fourth-order valence-corrected chi connectivity index (χ4v) is 1.75. The van der Waals surface area contributed by atoms with Crippen molar-refractivity contribution in [3.8, 4) is 0 Å².